The standard InChI is InChI=1S/C15H21ClN2O2.ClH/c1-3-17-11(2)10-18-15(20)9-8-14(19)12-4-6-13(16)7-5-12;/h4-7,11,17H,3,8-10H2,1-2H3,(H,18,20);1H/t11-;/m1./s1. The van der Waals surface area contributed by atoms with Crippen LogP contribution < -0.4 is 10.6 Å². The van der Waals surface area contributed by atoms with Gasteiger partial charge in [0.2, 0.25) is 5.91 Å². The number of carbonyl (C=O) groups excluding carboxylic acids is 2. The number of likely N-dealkylation sites (N-methyl/N-ethyl adjacent to an activating group) is 1. The van der Waals surface area contributed by atoms with Crippen LogP contribution in [0.1, 0.15) is 37.0 Å². The molecular formula is C15H22Cl2N2O2. The molecule has 6 heteroatoms. The van der Waals surface area contributed by atoms with Crippen LogP contribution in [0, 0.1) is 0 Å². The van der Waals surface area contributed by atoms with Gasteiger partial charge >= 0.3 is 0 Å². The summed E-state index contributed by atoms with van der Waals surface area (Å²) < 4.78 is 0. The number of rotatable bonds is 8. The average molecular weight is 333 g/mol. The molecule has 0 saturated heterocycles. The largest absolute Gasteiger partial charge is 0.355 e. The van der Waals surface area contributed by atoms with Crippen LogP contribution in [0.25, 0.3) is 0 Å². The summed E-state index contributed by atoms with van der Waals surface area (Å²) in [6, 6.07) is 6.93. The summed E-state index contributed by atoms with van der Waals surface area (Å²) in [6.45, 7) is 5.46. The van der Waals surface area contributed by atoms with Crippen LogP contribution in [0.2, 0.25) is 5.02 Å². The summed E-state index contributed by atoms with van der Waals surface area (Å²) in [5.41, 5.74) is 0.586. The Balaban J connectivity index is 0.00000400. The van der Waals surface area contributed by atoms with Gasteiger partial charge in [0.05, 0.1) is 0 Å². The zero-order valence-electron chi connectivity index (χ0n) is 12.3. The fraction of sp³-hybridized carbons (Fsp3) is 0.467. The summed E-state index contributed by atoms with van der Waals surface area (Å²) in [4.78, 5) is 23.5. The number of ketones is 1. The zero-order chi connectivity index (χ0) is 15.0. The highest BCUT2D eigenvalue weighted by atomic mass is 35.5. The molecule has 0 radical (unpaired) electrons. The maximum Gasteiger partial charge on any atom is 0.220 e. The average Bonchev–Trinajstić information content (AvgIpc) is 2.43. The first-order valence-electron chi connectivity index (χ1n) is 6.81. The van der Waals surface area contributed by atoms with Crippen molar-refractivity contribution < 1.29 is 9.59 Å². The van der Waals surface area contributed by atoms with E-state index in [-0.39, 0.29) is 43.0 Å². The van der Waals surface area contributed by atoms with Gasteiger partial charge in [0, 0.05) is 36.0 Å². The van der Waals surface area contributed by atoms with Crippen LogP contribution in [0.15, 0.2) is 24.3 Å². The normalized spacial score (nSPS) is 11.4. The molecule has 1 amide bonds. The van der Waals surface area contributed by atoms with E-state index in [0.29, 0.717) is 17.1 Å². The van der Waals surface area contributed by atoms with E-state index in [1.807, 2.05) is 13.8 Å². The molecule has 0 spiro atoms. The Morgan fingerprint density at radius 1 is 1.19 bits per heavy atom. The number of carbonyl (C=O) groups is 2. The highest BCUT2D eigenvalue weighted by Crippen LogP contribution is 2.11. The highest BCUT2D eigenvalue weighted by Gasteiger charge is 2.10. The maximum absolute atomic E-state index is 11.9. The number of benzene rings is 1. The quantitative estimate of drug-likeness (QED) is 0.719. The van der Waals surface area contributed by atoms with Gasteiger partial charge in [0.1, 0.15) is 0 Å². The lowest BCUT2D eigenvalue weighted by Crippen LogP contribution is -2.38. The van der Waals surface area contributed by atoms with Crippen LogP contribution >= 0.6 is 24.0 Å². The molecule has 21 heavy (non-hydrogen) atoms. The molecule has 0 aliphatic heterocycles. The second-order valence-corrected chi connectivity index (χ2v) is 5.13. The third-order valence-corrected chi connectivity index (χ3v) is 3.16. The number of nitrogens with one attached hydrogen (secondary N) is 2. The smallest absolute Gasteiger partial charge is 0.220 e. The van der Waals surface area contributed by atoms with Gasteiger partial charge in [0.15, 0.2) is 5.78 Å². The second-order valence-electron chi connectivity index (χ2n) is 4.69. The summed E-state index contributed by atoms with van der Waals surface area (Å²) >= 11 is 5.76. The van der Waals surface area contributed by atoms with Crippen molar-refractivity contribution in [3.05, 3.63) is 34.9 Å². The van der Waals surface area contributed by atoms with Gasteiger partial charge in [0.25, 0.3) is 0 Å². The van der Waals surface area contributed by atoms with Crippen molar-refractivity contribution in [3.63, 3.8) is 0 Å². The van der Waals surface area contributed by atoms with E-state index in [4.69, 9.17) is 11.6 Å². The van der Waals surface area contributed by atoms with E-state index in [9.17, 15) is 9.59 Å². The van der Waals surface area contributed by atoms with Crippen LogP contribution in [-0.2, 0) is 4.79 Å². The molecule has 0 fully saturated rings. The van der Waals surface area contributed by atoms with Gasteiger partial charge < -0.3 is 10.6 Å². The fourth-order valence-electron chi connectivity index (χ4n) is 1.78. The SMILES string of the molecule is CCN[C@H](C)CNC(=O)CCC(=O)c1ccc(Cl)cc1.Cl. The molecule has 0 heterocycles. The van der Waals surface area contributed by atoms with E-state index in [1.54, 1.807) is 24.3 Å². The molecule has 1 rings (SSSR count). The monoisotopic (exact) mass is 332 g/mol. The minimum absolute atomic E-state index is 0. The molecule has 0 aliphatic rings. The molecule has 1 atom stereocenters. The molecular weight excluding hydrogens is 311 g/mol. The Morgan fingerprint density at radius 3 is 2.38 bits per heavy atom. The molecule has 0 aromatic heterocycles. The van der Waals surface area contributed by atoms with E-state index in [2.05, 4.69) is 10.6 Å². The lowest BCUT2D eigenvalue weighted by Gasteiger charge is -2.13. The molecule has 4 nitrogen and oxygen atoms in total. The van der Waals surface area contributed by atoms with Crippen molar-refractivity contribution in [1.82, 2.24) is 10.6 Å². The lowest BCUT2D eigenvalue weighted by atomic mass is 10.1. The predicted molar refractivity (Wildman–Crippen MR) is 88.4 cm³/mol. The Kier molecular flexibility index (Phi) is 10.0. The van der Waals surface area contributed by atoms with Crippen LogP contribution in [-0.4, -0.2) is 30.8 Å². The van der Waals surface area contributed by atoms with Crippen LogP contribution in [0.3, 0.4) is 0 Å². The van der Waals surface area contributed by atoms with Crippen molar-refractivity contribution in [2.75, 3.05) is 13.1 Å². The third-order valence-electron chi connectivity index (χ3n) is 2.90. The fourth-order valence-corrected chi connectivity index (χ4v) is 1.91. The molecule has 1 aromatic carbocycles. The van der Waals surface area contributed by atoms with Crippen molar-refractivity contribution in [2.45, 2.75) is 32.7 Å². The van der Waals surface area contributed by atoms with Crippen LogP contribution in [0.5, 0.6) is 0 Å². The highest BCUT2D eigenvalue weighted by molar-refractivity contribution is 6.30. The van der Waals surface area contributed by atoms with Crippen molar-refractivity contribution in [1.29, 1.82) is 0 Å². The number of hydrogen-bond donors (Lipinski definition) is 2. The summed E-state index contributed by atoms with van der Waals surface area (Å²) in [5, 5.41) is 6.61. The molecule has 2 N–H and O–H groups in total. The molecule has 1 aromatic rings. The zero-order valence-corrected chi connectivity index (χ0v) is 13.9. The van der Waals surface area contributed by atoms with Crippen molar-refractivity contribution in [3.8, 4) is 0 Å². The number of halogens is 2. The summed E-state index contributed by atoms with van der Waals surface area (Å²) in [6.07, 6.45) is 0.420. The van der Waals surface area contributed by atoms with Gasteiger partial charge in [-0.05, 0) is 37.7 Å². The molecule has 0 aliphatic carbocycles. The van der Waals surface area contributed by atoms with E-state index in [1.165, 1.54) is 0 Å². The minimum atomic E-state index is -0.0999. The molecule has 0 unspecified atom stereocenters. The number of amides is 1. The molecule has 0 bridgehead atoms. The first-order chi connectivity index (χ1) is 9.52. The van der Waals surface area contributed by atoms with Crippen LogP contribution in [0.4, 0.5) is 0 Å². The molecule has 0 saturated carbocycles. The number of hydrogen-bond acceptors (Lipinski definition) is 3. The number of Topliss-reactive ketones (excluding diaryl/α,β-unsaturated/α-hetero) is 1. The van der Waals surface area contributed by atoms with E-state index < -0.39 is 0 Å². The van der Waals surface area contributed by atoms with Gasteiger partial charge in [-0.25, -0.2) is 0 Å². The van der Waals surface area contributed by atoms with Gasteiger partial charge in [-0.3, -0.25) is 9.59 Å². The first-order valence-corrected chi connectivity index (χ1v) is 7.19. The minimum Gasteiger partial charge on any atom is -0.355 e. The summed E-state index contributed by atoms with van der Waals surface area (Å²) in [5.74, 6) is -0.145. The Bertz CT molecular complexity index is 449. The molecule has 118 valence electrons. The Labute approximate surface area is 137 Å². The Morgan fingerprint density at radius 2 is 1.81 bits per heavy atom. The van der Waals surface area contributed by atoms with Gasteiger partial charge in [-0.1, -0.05) is 18.5 Å². The van der Waals surface area contributed by atoms with E-state index in [0.717, 1.165) is 6.54 Å². The third kappa shape index (κ3) is 8.05. The predicted octanol–water partition coefficient (Wildman–Crippen LogP) is 2.84. The lowest BCUT2D eigenvalue weighted by molar-refractivity contribution is -0.121. The Hall–Kier alpha value is -1.10. The van der Waals surface area contributed by atoms with Gasteiger partial charge in [-0.2, -0.15) is 0 Å². The first kappa shape index (κ1) is 19.9. The maximum atomic E-state index is 11.9. The topological polar surface area (TPSA) is 58.2 Å². The van der Waals surface area contributed by atoms with Crippen molar-refractivity contribution >= 4 is 35.7 Å². The summed E-state index contributed by atoms with van der Waals surface area (Å²) in [7, 11) is 0. The van der Waals surface area contributed by atoms with Crippen molar-refractivity contribution in [2.24, 2.45) is 0 Å². The second kappa shape index (κ2) is 10.6. The van der Waals surface area contributed by atoms with E-state index >= 15 is 0 Å². The van der Waals surface area contributed by atoms with Gasteiger partial charge in [-0.15, -0.1) is 12.4 Å².